The zero-order chi connectivity index (χ0) is 16.9. The number of nitrogens with zero attached hydrogens (tertiary/aromatic N) is 1. The van der Waals surface area contributed by atoms with Crippen molar-refractivity contribution in [1.82, 2.24) is 10.2 Å². The van der Waals surface area contributed by atoms with Crippen LogP contribution in [0, 0.1) is 5.82 Å². The number of likely N-dealkylation sites (tertiary alicyclic amines) is 1. The van der Waals surface area contributed by atoms with Gasteiger partial charge >= 0.3 is 0 Å². The van der Waals surface area contributed by atoms with Gasteiger partial charge in [0.25, 0.3) is 0 Å². The van der Waals surface area contributed by atoms with Crippen molar-refractivity contribution >= 4 is 17.2 Å². The molecule has 3 nitrogen and oxygen atoms in total. The largest absolute Gasteiger partial charge is 0.343 e. The summed E-state index contributed by atoms with van der Waals surface area (Å²) >= 11 is 1.60. The number of thiophene rings is 1. The van der Waals surface area contributed by atoms with E-state index in [1.54, 1.807) is 23.5 Å². The van der Waals surface area contributed by atoms with E-state index in [0.29, 0.717) is 12.6 Å². The second-order valence-electron chi connectivity index (χ2n) is 6.38. The van der Waals surface area contributed by atoms with E-state index in [9.17, 15) is 9.18 Å². The number of piperidine rings is 1. The van der Waals surface area contributed by atoms with Crippen molar-refractivity contribution in [3.05, 3.63) is 58.0 Å². The van der Waals surface area contributed by atoms with E-state index in [0.717, 1.165) is 29.8 Å². The first-order chi connectivity index (χ1) is 11.6. The van der Waals surface area contributed by atoms with Gasteiger partial charge in [0.05, 0.1) is 12.6 Å². The Morgan fingerprint density at radius 2 is 2.12 bits per heavy atom. The van der Waals surface area contributed by atoms with Crippen LogP contribution in [0.3, 0.4) is 0 Å². The molecule has 0 bridgehead atoms. The molecule has 0 aliphatic carbocycles. The Labute approximate surface area is 146 Å². The number of benzene rings is 1. The molecule has 1 amide bonds. The fourth-order valence-corrected chi connectivity index (χ4v) is 4.02. The van der Waals surface area contributed by atoms with E-state index < -0.39 is 0 Å². The lowest BCUT2D eigenvalue weighted by atomic mass is 10.0. The number of hydrogen-bond donors (Lipinski definition) is 1. The van der Waals surface area contributed by atoms with Crippen molar-refractivity contribution in [2.75, 3.05) is 13.1 Å². The molecule has 0 spiro atoms. The van der Waals surface area contributed by atoms with Gasteiger partial charge in [-0.05, 0) is 55.5 Å². The molecule has 24 heavy (non-hydrogen) atoms. The Kier molecular flexibility index (Phi) is 5.63. The van der Waals surface area contributed by atoms with Gasteiger partial charge < -0.3 is 5.32 Å². The Morgan fingerprint density at radius 1 is 1.33 bits per heavy atom. The van der Waals surface area contributed by atoms with Crippen LogP contribution in [0.2, 0.25) is 0 Å². The van der Waals surface area contributed by atoms with Crippen molar-refractivity contribution < 1.29 is 9.18 Å². The normalized spacial score (nSPS) is 19.8. The summed E-state index contributed by atoms with van der Waals surface area (Å²) < 4.78 is 13.2. The van der Waals surface area contributed by atoms with Crippen LogP contribution in [-0.2, 0) is 4.79 Å². The first-order valence-corrected chi connectivity index (χ1v) is 9.34. The van der Waals surface area contributed by atoms with Gasteiger partial charge in [-0.25, -0.2) is 4.39 Å². The molecule has 1 N–H and O–H groups in total. The fourth-order valence-electron chi connectivity index (χ4n) is 3.21. The molecule has 1 fully saturated rings. The van der Waals surface area contributed by atoms with Gasteiger partial charge in [-0.2, -0.15) is 0 Å². The Hall–Kier alpha value is -1.72. The third-order valence-corrected chi connectivity index (χ3v) is 5.56. The lowest BCUT2D eigenvalue weighted by molar-refractivity contribution is -0.123. The Morgan fingerprint density at radius 3 is 2.79 bits per heavy atom. The highest BCUT2D eigenvalue weighted by Crippen LogP contribution is 2.26. The summed E-state index contributed by atoms with van der Waals surface area (Å²) in [6, 6.07) is 10.6. The van der Waals surface area contributed by atoms with Crippen LogP contribution in [0.1, 0.15) is 42.7 Å². The summed E-state index contributed by atoms with van der Waals surface area (Å²) in [7, 11) is 0. The quantitative estimate of drug-likeness (QED) is 0.888. The zero-order valence-electron chi connectivity index (χ0n) is 13.9. The third-order valence-electron chi connectivity index (χ3n) is 4.62. The maximum absolute atomic E-state index is 13.2. The van der Waals surface area contributed by atoms with Gasteiger partial charge in [0.1, 0.15) is 5.82 Å². The van der Waals surface area contributed by atoms with Crippen LogP contribution in [0.5, 0.6) is 0 Å². The predicted molar refractivity (Wildman–Crippen MR) is 95.6 cm³/mol. The predicted octanol–water partition coefficient (Wildman–Crippen LogP) is 3.97. The van der Waals surface area contributed by atoms with E-state index in [1.165, 1.54) is 18.6 Å². The number of hydrogen-bond acceptors (Lipinski definition) is 3. The molecule has 128 valence electrons. The molecule has 0 radical (unpaired) electrons. The smallest absolute Gasteiger partial charge is 0.234 e. The molecule has 1 aromatic carbocycles. The van der Waals surface area contributed by atoms with Gasteiger partial charge in [0, 0.05) is 10.9 Å². The fraction of sp³-hybridized carbons (Fsp3) is 0.421. The van der Waals surface area contributed by atoms with Crippen LogP contribution < -0.4 is 5.32 Å². The van der Waals surface area contributed by atoms with Gasteiger partial charge in [-0.1, -0.05) is 24.6 Å². The van der Waals surface area contributed by atoms with Crippen LogP contribution in [0.4, 0.5) is 4.39 Å². The highest BCUT2D eigenvalue weighted by molar-refractivity contribution is 7.10. The van der Waals surface area contributed by atoms with E-state index in [1.807, 2.05) is 17.5 Å². The highest BCUT2D eigenvalue weighted by Gasteiger charge is 2.23. The lowest BCUT2D eigenvalue weighted by Gasteiger charge is -2.33. The van der Waals surface area contributed by atoms with Crippen molar-refractivity contribution in [1.29, 1.82) is 0 Å². The molecule has 0 saturated carbocycles. The highest BCUT2D eigenvalue weighted by atomic mass is 32.1. The van der Waals surface area contributed by atoms with Crippen LogP contribution >= 0.6 is 11.3 Å². The minimum absolute atomic E-state index is 0.0199. The molecule has 3 rings (SSSR count). The minimum atomic E-state index is -0.267. The number of halogens is 1. The molecule has 2 heterocycles. The van der Waals surface area contributed by atoms with Crippen LogP contribution in [-0.4, -0.2) is 29.9 Å². The number of carbonyl (C=O) groups excluding carboxylic acids is 1. The summed E-state index contributed by atoms with van der Waals surface area (Å²) in [5, 5.41) is 5.12. The maximum Gasteiger partial charge on any atom is 0.234 e. The second-order valence-corrected chi connectivity index (χ2v) is 7.36. The van der Waals surface area contributed by atoms with E-state index in [2.05, 4.69) is 17.1 Å². The van der Waals surface area contributed by atoms with Crippen molar-refractivity contribution in [3.8, 4) is 0 Å². The number of carbonyl (C=O) groups is 1. The summed E-state index contributed by atoms with van der Waals surface area (Å²) in [5.41, 5.74) is 0.902. The molecule has 1 aliphatic heterocycles. The monoisotopic (exact) mass is 346 g/mol. The standard InChI is InChI=1S/C19H23FN2OS/c1-14-5-2-3-11-22(14)13-18(23)21-19(17-6-4-12-24-17)15-7-9-16(20)10-8-15/h4,6-10,12,14,19H,2-3,5,11,13H2,1H3,(H,21,23)/t14-,19-/m0/s1. The zero-order valence-corrected chi connectivity index (χ0v) is 14.7. The molecule has 0 unspecified atom stereocenters. The average molecular weight is 346 g/mol. The van der Waals surface area contributed by atoms with Gasteiger partial charge in [0.15, 0.2) is 0 Å². The van der Waals surface area contributed by atoms with E-state index in [-0.39, 0.29) is 17.8 Å². The number of rotatable bonds is 5. The second kappa shape index (κ2) is 7.90. The molecular formula is C19H23FN2OS. The van der Waals surface area contributed by atoms with E-state index >= 15 is 0 Å². The number of amides is 1. The molecule has 5 heteroatoms. The summed E-state index contributed by atoms with van der Waals surface area (Å²) in [5.74, 6) is -0.247. The van der Waals surface area contributed by atoms with Gasteiger partial charge in [0.2, 0.25) is 5.91 Å². The summed E-state index contributed by atoms with van der Waals surface area (Å²) in [6.45, 7) is 3.59. The molecule has 1 aromatic heterocycles. The van der Waals surface area contributed by atoms with Crippen molar-refractivity contribution in [2.45, 2.75) is 38.3 Å². The lowest BCUT2D eigenvalue weighted by Crippen LogP contribution is -2.45. The summed E-state index contributed by atoms with van der Waals surface area (Å²) in [6.07, 6.45) is 3.55. The minimum Gasteiger partial charge on any atom is -0.343 e. The van der Waals surface area contributed by atoms with Crippen molar-refractivity contribution in [3.63, 3.8) is 0 Å². The molecular weight excluding hydrogens is 323 g/mol. The molecule has 2 aromatic rings. The summed E-state index contributed by atoms with van der Waals surface area (Å²) in [4.78, 5) is 15.9. The first-order valence-electron chi connectivity index (χ1n) is 8.46. The van der Waals surface area contributed by atoms with Gasteiger partial charge in [-0.3, -0.25) is 9.69 Å². The average Bonchev–Trinajstić information content (AvgIpc) is 3.10. The topological polar surface area (TPSA) is 32.3 Å². The van der Waals surface area contributed by atoms with E-state index in [4.69, 9.17) is 0 Å². The Bertz CT molecular complexity index is 657. The molecule has 1 aliphatic rings. The Balaban J connectivity index is 1.72. The maximum atomic E-state index is 13.2. The molecule has 1 saturated heterocycles. The third kappa shape index (κ3) is 4.22. The first kappa shape index (κ1) is 17.1. The number of nitrogens with one attached hydrogen (secondary N) is 1. The molecule has 2 atom stereocenters. The van der Waals surface area contributed by atoms with Gasteiger partial charge in [-0.15, -0.1) is 11.3 Å². The van der Waals surface area contributed by atoms with Crippen molar-refractivity contribution in [2.24, 2.45) is 0 Å². The van der Waals surface area contributed by atoms with Crippen LogP contribution in [0.25, 0.3) is 0 Å². The SMILES string of the molecule is C[C@H]1CCCCN1CC(=O)N[C@@H](c1ccc(F)cc1)c1cccs1. The van der Waals surface area contributed by atoms with Crippen LogP contribution in [0.15, 0.2) is 41.8 Å².